The van der Waals surface area contributed by atoms with Crippen LogP contribution in [0, 0.1) is 0 Å². The lowest BCUT2D eigenvalue weighted by atomic mass is 10.0. The number of carbonyl (C=O) groups excluding carboxylic acids is 1. The molecule has 0 aliphatic rings. The summed E-state index contributed by atoms with van der Waals surface area (Å²) in [5.74, 6) is 2.25. The largest absolute Gasteiger partial charge is 0.497 e. The number of hydrogen-bond acceptors (Lipinski definition) is 5. The summed E-state index contributed by atoms with van der Waals surface area (Å²) >= 11 is 8.05. The summed E-state index contributed by atoms with van der Waals surface area (Å²) in [6.45, 7) is 3.56. The van der Waals surface area contributed by atoms with Gasteiger partial charge in [-0.3, -0.25) is 4.79 Å². The Hall–Kier alpha value is -3.42. The number of halogens is 1. The molecule has 39 heavy (non-hydrogen) atoms. The highest BCUT2D eigenvalue weighted by atomic mass is 35.5. The highest BCUT2D eigenvalue weighted by Crippen LogP contribution is 2.37. The third kappa shape index (κ3) is 7.16. The maximum absolute atomic E-state index is 12.5. The second-order valence-corrected chi connectivity index (χ2v) is 10.5. The third-order valence-corrected chi connectivity index (χ3v) is 7.79. The molecule has 1 amide bonds. The van der Waals surface area contributed by atoms with E-state index in [2.05, 4.69) is 28.9 Å². The van der Waals surface area contributed by atoms with Crippen molar-refractivity contribution in [1.29, 1.82) is 0 Å². The topological polar surface area (TPSA) is 65.4 Å². The van der Waals surface area contributed by atoms with Gasteiger partial charge in [0, 0.05) is 30.0 Å². The maximum atomic E-state index is 12.5. The number of carbonyl (C=O) groups is 1. The summed E-state index contributed by atoms with van der Waals surface area (Å²) in [5, 5.41) is 3.23. The van der Waals surface area contributed by atoms with Gasteiger partial charge >= 0.3 is 0 Å². The van der Waals surface area contributed by atoms with Crippen LogP contribution in [0.5, 0.6) is 11.5 Å². The quantitative estimate of drug-likeness (QED) is 0.106. The van der Waals surface area contributed by atoms with E-state index < -0.39 is 5.38 Å². The van der Waals surface area contributed by atoms with E-state index in [4.69, 9.17) is 26.1 Å². The Kier molecular flexibility index (Phi) is 10.3. The van der Waals surface area contributed by atoms with Gasteiger partial charge in [-0.05, 0) is 66.9 Å². The molecule has 0 radical (unpaired) electrons. The van der Waals surface area contributed by atoms with Crippen molar-refractivity contribution in [2.75, 3.05) is 26.5 Å². The number of amides is 1. The highest BCUT2D eigenvalue weighted by Gasteiger charge is 2.21. The van der Waals surface area contributed by atoms with Crippen molar-refractivity contribution in [2.45, 2.75) is 36.8 Å². The molecule has 0 spiro atoms. The van der Waals surface area contributed by atoms with Crippen LogP contribution < -0.4 is 14.8 Å². The normalized spacial score (nSPS) is 11.7. The van der Waals surface area contributed by atoms with Crippen molar-refractivity contribution in [2.24, 2.45) is 0 Å². The summed E-state index contributed by atoms with van der Waals surface area (Å²) in [5.41, 5.74) is 4.91. The van der Waals surface area contributed by atoms with Crippen LogP contribution in [0.3, 0.4) is 0 Å². The van der Waals surface area contributed by atoms with Gasteiger partial charge in [0.1, 0.15) is 16.9 Å². The van der Waals surface area contributed by atoms with Gasteiger partial charge in [-0.2, -0.15) is 0 Å². The molecule has 3 aromatic carbocycles. The zero-order valence-corrected chi connectivity index (χ0v) is 24.1. The number of benzene rings is 3. The van der Waals surface area contributed by atoms with Gasteiger partial charge in [0.2, 0.25) is 5.91 Å². The average molecular weight is 564 g/mol. The summed E-state index contributed by atoms with van der Waals surface area (Å²) in [6, 6.07) is 25.5. The lowest BCUT2D eigenvalue weighted by Crippen LogP contribution is -2.28. The first-order chi connectivity index (χ1) is 19.0. The van der Waals surface area contributed by atoms with Crippen LogP contribution in [0.4, 0.5) is 0 Å². The molecule has 0 saturated carbocycles. The number of nitrogens with zero attached hydrogens (tertiary/aromatic N) is 2. The number of imidazole rings is 1. The molecular weight excluding hydrogens is 530 g/mol. The molecular formula is C31H34ClN3O3S. The highest BCUT2D eigenvalue weighted by molar-refractivity contribution is 7.99. The Balaban J connectivity index is 1.52. The summed E-state index contributed by atoms with van der Waals surface area (Å²) < 4.78 is 13.0. The van der Waals surface area contributed by atoms with Gasteiger partial charge in [-0.25, -0.2) is 4.98 Å². The second-order valence-electron chi connectivity index (χ2n) is 8.97. The summed E-state index contributed by atoms with van der Waals surface area (Å²) in [6.07, 6.45) is 1.77. The zero-order chi connectivity index (χ0) is 27.6. The SMILES string of the molecule is CCCn1c(SCCCNC(=O)C(Cl)c2ccccc2)nc(-c2ccc(OC)cc2)c1-c1ccc(OC)cc1. The lowest BCUT2D eigenvalue weighted by molar-refractivity contribution is -0.120. The van der Waals surface area contributed by atoms with Gasteiger partial charge in [0.05, 0.1) is 25.6 Å². The Morgan fingerprint density at radius 2 is 1.56 bits per heavy atom. The van der Waals surface area contributed by atoms with Crippen LogP contribution in [0.25, 0.3) is 22.5 Å². The van der Waals surface area contributed by atoms with Gasteiger partial charge < -0.3 is 19.4 Å². The van der Waals surface area contributed by atoms with Crippen LogP contribution in [0.2, 0.25) is 0 Å². The number of thioether (sulfide) groups is 1. The standard InChI is InChI=1S/C31H34ClN3O3S/c1-4-20-35-29(24-13-17-26(38-3)18-14-24)28(23-11-15-25(37-2)16-12-23)34-31(35)39-21-8-19-33-30(36)27(32)22-9-6-5-7-10-22/h5-7,9-18,27H,4,8,19-21H2,1-3H3,(H,33,36). The monoisotopic (exact) mass is 563 g/mol. The minimum Gasteiger partial charge on any atom is -0.497 e. The molecule has 8 heteroatoms. The molecule has 1 atom stereocenters. The number of ether oxygens (including phenoxy) is 2. The molecule has 1 heterocycles. The van der Waals surface area contributed by atoms with Crippen LogP contribution in [-0.2, 0) is 11.3 Å². The smallest absolute Gasteiger partial charge is 0.242 e. The van der Waals surface area contributed by atoms with Gasteiger partial charge in [0.25, 0.3) is 0 Å². The fourth-order valence-electron chi connectivity index (χ4n) is 4.28. The molecule has 204 valence electrons. The molecule has 4 aromatic rings. The third-order valence-electron chi connectivity index (χ3n) is 6.28. The first kappa shape index (κ1) is 28.6. The van der Waals surface area contributed by atoms with Crippen LogP contribution in [0.1, 0.15) is 30.7 Å². The Bertz CT molecular complexity index is 1340. The van der Waals surface area contributed by atoms with E-state index in [0.717, 1.165) is 69.9 Å². The molecule has 0 aliphatic heterocycles. The van der Waals surface area contributed by atoms with E-state index in [1.165, 1.54) is 0 Å². The Labute approximate surface area is 239 Å². The zero-order valence-electron chi connectivity index (χ0n) is 22.5. The van der Waals surface area contributed by atoms with Crippen molar-refractivity contribution >= 4 is 29.3 Å². The maximum Gasteiger partial charge on any atom is 0.242 e. The van der Waals surface area contributed by atoms with E-state index >= 15 is 0 Å². The minimum absolute atomic E-state index is 0.177. The Morgan fingerprint density at radius 1 is 0.949 bits per heavy atom. The fourth-order valence-corrected chi connectivity index (χ4v) is 5.46. The molecule has 0 aliphatic carbocycles. The van der Waals surface area contributed by atoms with E-state index in [-0.39, 0.29) is 5.91 Å². The number of rotatable bonds is 13. The fraction of sp³-hybridized carbons (Fsp3) is 0.290. The number of aromatic nitrogens is 2. The molecule has 1 N–H and O–H groups in total. The van der Waals surface area contributed by atoms with Gasteiger partial charge in [0.15, 0.2) is 5.16 Å². The molecule has 6 nitrogen and oxygen atoms in total. The van der Waals surface area contributed by atoms with Gasteiger partial charge in [-0.1, -0.05) is 49.0 Å². The summed E-state index contributed by atoms with van der Waals surface area (Å²) in [7, 11) is 3.34. The first-order valence-corrected chi connectivity index (χ1v) is 14.5. The lowest BCUT2D eigenvalue weighted by Gasteiger charge is -2.13. The number of methoxy groups -OCH3 is 2. The van der Waals surface area contributed by atoms with Crippen molar-refractivity contribution in [3.8, 4) is 34.0 Å². The number of alkyl halides is 1. The predicted molar refractivity (Wildman–Crippen MR) is 160 cm³/mol. The van der Waals surface area contributed by atoms with Crippen LogP contribution in [-0.4, -0.2) is 42.0 Å². The minimum atomic E-state index is -0.693. The molecule has 0 fully saturated rings. The van der Waals surface area contributed by atoms with Crippen molar-refractivity contribution < 1.29 is 14.3 Å². The van der Waals surface area contributed by atoms with E-state index in [0.29, 0.717) is 6.54 Å². The van der Waals surface area contributed by atoms with Crippen molar-refractivity contribution in [3.05, 3.63) is 84.4 Å². The first-order valence-electron chi connectivity index (χ1n) is 13.0. The van der Waals surface area contributed by atoms with Crippen LogP contribution in [0.15, 0.2) is 84.0 Å². The average Bonchev–Trinajstić information content (AvgIpc) is 3.35. The van der Waals surface area contributed by atoms with Crippen molar-refractivity contribution in [3.63, 3.8) is 0 Å². The number of nitrogens with one attached hydrogen (secondary N) is 1. The van der Waals surface area contributed by atoms with Crippen molar-refractivity contribution in [1.82, 2.24) is 14.9 Å². The van der Waals surface area contributed by atoms with Gasteiger partial charge in [-0.15, -0.1) is 11.6 Å². The second kappa shape index (κ2) is 14.1. The Morgan fingerprint density at radius 3 is 2.15 bits per heavy atom. The molecule has 1 aromatic heterocycles. The number of hydrogen-bond donors (Lipinski definition) is 1. The van der Waals surface area contributed by atoms with E-state index in [9.17, 15) is 4.79 Å². The molecule has 0 bridgehead atoms. The molecule has 4 rings (SSSR count). The van der Waals surface area contributed by atoms with E-state index in [1.54, 1.807) is 26.0 Å². The molecule has 1 unspecified atom stereocenters. The van der Waals surface area contributed by atoms with Crippen LogP contribution >= 0.6 is 23.4 Å². The predicted octanol–water partition coefficient (Wildman–Crippen LogP) is 7.22. The summed E-state index contributed by atoms with van der Waals surface area (Å²) in [4.78, 5) is 17.6. The van der Waals surface area contributed by atoms with E-state index in [1.807, 2.05) is 66.7 Å². The molecule has 0 saturated heterocycles.